The van der Waals surface area contributed by atoms with E-state index in [0.717, 1.165) is 30.3 Å². The molecule has 30 nitrogen and oxygen atoms in total. The Morgan fingerprint density at radius 2 is 0.830 bits per heavy atom. The fourth-order valence-electron chi connectivity index (χ4n) is 18.8. The Hall–Kier alpha value is -11.1. The normalized spacial score (nSPS) is 29.2. The molecule has 0 bridgehead atoms. The average Bonchev–Trinajstić information content (AvgIpc) is 0.701. The van der Waals surface area contributed by atoms with E-state index in [2.05, 4.69) is 10.6 Å². The van der Waals surface area contributed by atoms with Gasteiger partial charge in [0, 0.05) is 74.6 Å². The number of Topliss-reactive ketones (excluding diaryl/α,β-unsaturated/α-hetero) is 6. The predicted octanol–water partition coefficient (Wildman–Crippen LogP) is 4.13. The quantitative estimate of drug-likeness (QED) is 0.0700. The number of halogens is 3. The van der Waals surface area contributed by atoms with Crippen molar-refractivity contribution in [3.8, 4) is 17.2 Å². The molecule has 33 heteroatoms. The minimum absolute atomic E-state index is 0.0307. The zero-order chi connectivity index (χ0) is 83.2. The second-order valence-electron chi connectivity index (χ2n) is 31.3. The molecule has 9 aliphatic carbocycles. The molecular formula is C79H87F3N8O22. The van der Waals surface area contributed by atoms with Gasteiger partial charge in [-0.1, -0.05) is 44.2 Å². The molecule has 0 heterocycles. The first-order valence-electron chi connectivity index (χ1n) is 35.8. The van der Waals surface area contributed by atoms with Gasteiger partial charge in [-0.2, -0.15) is 0 Å². The van der Waals surface area contributed by atoms with Crippen LogP contribution in [0.15, 0.2) is 111 Å². The number of carbonyl (C=O) groups excluding carboxylic acids is 10. The number of carbonyl (C=O) groups is 10. The number of ketones is 6. The third-order valence-electron chi connectivity index (χ3n) is 23.5. The number of hydrogen-bond donors (Lipinski definition) is 17. The first-order valence-corrected chi connectivity index (χ1v) is 35.8. The smallest absolute Gasteiger partial charge is 0.255 e. The summed E-state index contributed by atoms with van der Waals surface area (Å²) < 4.78 is 46.0. The van der Waals surface area contributed by atoms with Crippen LogP contribution in [-0.4, -0.2) is 224 Å². The van der Waals surface area contributed by atoms with Crippen molar-refractivity contribution >= 4 is 81.3 Å². The van der Waals surface area contributed by atoms with E-state index in [-0.39, 0.29) is 76.9 Å². The molecule has 0 unspecified atom stereocenters. The number of hydrogen-bond acceptors (Lipinski definition) is 26. The van der Waals surface area contributed by atoms with E-state index in [1.165, 1.54) is 57.0 Å². The third-order valence-corrected chi connectivity index (χ3v) is 23.5. The molecule has 112 heavy (non-hydrogen) atoms. The van der Waals surface area contributed by atoms with E-state index in [1.54, 1.807) is 44.2 Å². The third kappa shape index (κ3) is 12.2. The Balaban J connectivity index is 0.000000167. The van der Waals surface area contributed by atoms with Crippen molar-refractivity contribution in [2.75, 3.05) is 54.1 Å². The van der Waals surface area contributed by atoms with Crippen LogP contribution in [0.2, 0.25) is 0 Å². The van der Waals surface area contributed by atoms with Crippen LogP contribution >= 0.6 is 0 Å². The number of anilines is 1. The summed E-state index contributed by atoms with van der Waals surface area (Å²) in [6.45, 7) is 8.81. The van der Waals surface area contributed by atoms with E-state index in [4.69, 9.17) is 17.2 Å². The topological polar surface area (TPSA) is 525 Å². The number of phenols is 3. The van der Waals surface area contributed by atoms with Crippen LogP contribution in [0.1, 0.15) is 123 Å². The zero-order valence-corrected chi connectivity index (χ0v) is 62.6. The molecule has 0 radical (unpaired) electrons. The van der Waals surface area contributed by atoms with Gasteiger partial charge in [0.05, 0.1) is 47.0 Å². The Morgan fingerprint density at radius 3 is 1.19 bits per heavy atom. The minimum atomic E-state index is -2.82. The van der Waals surface area contributed by atoms with Gasteiger partial charge in [0.25, 0.3) is 17.7 Å². The second kappa shape index (κ2) is 28.9. The second-order valence-corrected chi connectivity index (χ2v) is 31.3. The molecular weight excluding hydrogens is 1470 g/mol. The lowest BCUT2D eigenvalue weighted by Crippen LogP contribution is -2.66. The first-order chi connectivity index (χ1) is 52.2. The van der Waals surface area contributed by atoms with Crippen molar-refractivity contribution in [2.24, 2.45) is 52.7 Å². The number of phenolic OH excluding ortho intramolecular Hbond substituents is 3. The Bertz CT molecular complexity index is 5040. The molecule has 4 aromatic carbocycles. The van der Waals surface area contributed by atoms with Crippen molar-refractivity contribution < 1.29 is 122 Å². The van der Waals surface area contributed by atoms with Gasteiger partial charge in [0.15, 0.2) is 39.9 Å². The van der Waals surface area contributed by atoms with Crippen LogP contribution in [0.3, 0.4) is 0 Å². The van der Waals surface area contributed by atoms with Gasteiger partial charge < -0.3 is 89.1 Å². The van der Waals surface area contributed by atoms with Crippen LogP contribution in [0.5, 0.6) is 17.2 Å². The number of nitrogens with two attached hydrogens (primary N) is 3. The maximum absolute atomic E-state index is 15.8. The van der Waals surface area contributed by atoms with Crippen LogP contribution in [-0.2, 0) is 47.9 Å². The summed E-state index contributed by atoms with van der Waals surface area (Å²) in [5.41, 5.74) is 2.68. The molecule has 596 valence electrons. The lowest BCUT2D eigenvalue weighted by Gasteiger charge is -2.51. The molecule has 0 spiro atoms. The summed E-state index contributed by atoms with van der Waals surface area (Å²) >= 11 is 0. The summed E-state index contributed by atoms with van der Waals surface area (Å²) in [6, 6.07) is 10.1. The van der Waals surface area contributed by atoms with Crippen molar-refractivity contribution in [1.82, 2.24) is 20.0 Å². The van der Waals surface area contributed by atoms with E-state index in [1.807, 2.05) is 20.8 Å². The Kier molecular flexibility index (Phi) is 21.1. The maximum atomic E-state index is 15.8. The maximum Gasteiger partial charge on any atom is 0.255 e. The van der Waals surface area contributed by atoms with E-state index in [9.17, 15) is 114 Å². The number of nitrogens with zero attached hydrogens (tertiary/aromatic N) is 3. The van der Waals surface area contributed by atoms with Crippen LogP contribution in [0.25, 0.3) is 17.3 Å². The number of aliphatic hydroxyl groups excluding tert-OH is 6. The van der Waals surface area contributed by atoms with Gasteiger partial charge in [-0.25, -0.2) is 13.2 Å². The highest BCUT2D eigenvalue weighted by molar-refractivity contribution is 6.27. The number of nitrogens with one attached hydrogen (secondary N) is 2. The largest absolute Gasteiger partial charge is 0.508 e. The first kappa shape index (κ1) is 81.9. The minimum Gasteiger partial charge on any atom is -0.508 e. The van der Waals surface area contributed by atoms with Gasteiger partial charge in [0.1, 0.15) is 80.2 Å². The number of amides is 4. The van der Waals surface area contributed by atoms with Gasteiger partial charge in [-0.15, -0.1) is 0 Å². The number of fused-ring (bicyclic) bond motifs is 9. The van der Waals surface area contributed by atoms with Crippen molar-refractivity contribution in [1.29, 1.82) is 0 Å². The van der Waals surface area contributed by atoms with Crippen LogP contribution in [0.4, 0.5) is 18.9 Å². The lowest BCUT2D eigenvalue weighted by atomic mass is 9.54. The number of rotatable bonds is 12. The van der Waals surface area contributed by atoms with Crippen molar-refractivity contribution in [2.45, 2.75) is 125 Å². The van der Waals surface area contributed by atoms with Crippen molar-refractivity contribution in [3.05, 3.63) is 168 Å². The molecule has 9 aliphatic rings. The van der Waals surface area contributed by atoms with Gasteiger partial charge >= 0.3 is 0 Å². The summed E-state index contributed by atoms with van der Waals surface area (Å²) in [5.74, 6) is -29.1. The summed E-state index contributed by atoms with van der Waals surface area (Å²) in [6.07, 6.45) is 0.142. The SMILES string of the molecule is CC[C@H]1c2c(F)cc(NC(=O)CNC(C)(C)C)c(O)c2C(O)=C2C(=O)[C@]3(O)C(O)=C(C(N)=O)C(=O)[C@@H](N(C)C)[C@@H]3C[C@@H]21.CC[C@H]1c2c(F)ccc(O)c2C(O)=C2C(=O)[C@]3(O)C(O)=C(C(N)=O)C(=O)[C@@H](N(C)C)[C@@H]3C[C@@H]21.CN(C)[C@@H]1C(=O)C(C(N)=O)=C(O)[C@@]2(O)C(=O)C3=C(O)c4c(O)ccc(F)c4[C@H](c4ccccc4)[C@H]3C[C@@H]12. The number of benzene rings is 4. The summed E-state index contributed by atoms with van der Waals surface area (Å²) in [5, 5.41) is 139. The molecule has 13 rings (SSSR count). The number of likely N-dealkylation sites (N-methyl/N-ethyl adjacent to an activating group) is 3. The predicted molar refractivity (Wildman–Crippen MR) is 392 cm³/mol. The molecule has 0 saturated heterocycles. The molecule has 3 fully saturated rings. The fourth-order valence-corrected chi connectivity index (χ4v) is 18.8. The fraction of sp³-hybridized carbons (Fsp3) is 0.418. The molecule has 4 aromatic rings. The highest BCUT2D eigenvalue weighted by Crippen LogP contribution is 2.62. The summed E-state index contributed by atoms with van der Waals surface area (Å²) in [7, 11) is 9.05. The van der Waals surface area contributed by atoms with Crippen LogP contribution in [0, 0.1) is 53.0 Å². The zero-order valence-electron chi connectivity index (χ0n) is 62.6. The van der Waals surface area contributed by atoms with Crippen molar-refractivity contribution in [3.63, 3.8) is 0 Å². The number of primary amides is 3. The Labute approximate surface area is 638 Å². The lowest BCUT2D eigenvalue weighted by molar-refractivity contribution is -0.155. The van der Waals surface area contributed by atoms with E-state index >= 15 is 8.78 Å². The molecule has 0 aliphatic heterocycles. The molecule has 15 atom stereocenters. The van der Waals surface area contributed by atoms with Gasteiger partial charge in [-0.05, 0) is 149 Å². The van der Waals surface area contributed by atoms with E-state index in [0.29, 0.717) is 12.0 Å². The average molecular weight is 1560 g/mol. The molecule has 4 amide bonds. The molecule has 0 aromatic heterocycles. The monoisotopic (exact) mass is 1560 g/mol. The Morgan fingerprint density at radius 1 is 0.491 bits per heavy atom. The van der Waals surface area contributed by atoms with Gasteiger partial charge in [-0.3, -0.25) is 62.6 Å². The number of aliphatic hydroxyl groups is 9. The highest BCUT2D eigenvalue weighted by Gasteiger charge is 2.69. The highest BCUT2D eigenvalue weighted by atomic mass is 19.1. The van der Waals surface area contributed by atoms with E-state index < -0.39 is 249 Å². The number of aromatic hydroxyl groups is 3. The molecule has 20 N–H and O–H groups in total. The molecule has 3 saturated carbocycles. The standard InChI is InChI=1S/C29H37FN4O8.C27H25FN2O7.C23H25FN2O7/c1-7-11-12-8-13-21(34(5)6)24(38)20(27(31)41)26(40)29(13,42)25(39)18(12)23(37)19-17(11)14(30)9-15(22(19)36)33-16(35)10-32-28(2,3)4;1-30(2)21-13-10-12-16(11-6-4-3-5-7-11)18-14(28)8-9-15(31)19(18)22(32)17(12)24(34)27(13,37)25(35)20(23(21)33)26(29)36;1-4-8-9-7-10-17(26(2)3)19(29)16(22(25)32)21(31)23(10,33)20(30)14(9)18(28)15-12(27)6-5-11(24)13(8)15/h9,11-13,21,32,36-37,40,42H,7-8,10H2,1-6H3,(H2,31,41)(H,33,35);3-9,12-13,16,21,31-32,35,37H,10H2,1-2H3,(H2,29,36);5-6,8-10,17,27-28,31,33H,4,7H2,1-3H3,(H2,25,32)/t11-,12-,13+,21+,29+;12-,13+,16-,21+,27+;8-,9-,10+,17+,23+/m111/s1. The van der Waals surface area contributed by atoms with Crippen LogP contribution < -0.4 is 27.8 Å². The van der Waals surface area contributed by atoms with Gasteiger partial charge in [0.2, 0.25) is 23.3 Å². The summed E-state index contributed by atoms with van der Waals surface area (Å²) in [4.78, 5) is 134.